The lowest BCUT2D eigenvalue weighted by Gasteiger charge is -2.32. The zero-order chi connectivity index (χ0) is 26.0. The van der Waals surface area contributed by atoms with Gasteiger partial charge in [0.1, 0.15) is 11.6 Å². The number of amides is 2. The molecule has 5 rings (SSSR count). The van der Waals surface area contributed by atoms with E-state index in [0.29, 0.717) is 22.6 Å². The maximum Gasteiger partial charge on any atom is 0.274 e. The number of sulfone groups is 1. The molecule has 1 spiro atoms. The van der Waals surface area contributed by atoms with Gasteiger partial charge in [-0.25, -0.2) is 21.6 Å². The first kappa shape index (κ1) is 23.5. The van der Waals surface area contributed by atoms with E-state index in [1.807, 2.05) is 0 Å². The number of benzene rings is 3. The smallest absolute Gasteiger partial charge is 0.274 e. The van der Waals surface area contributed by atoms with Gasteiger partial charge >= 0.3 is 0 Å². The Labute approximate surface area is 201 Å². The Hall–Kier alpha value is -4.26. The Morgan fingerprint density at radius 2 is 1.64 bits per heavy atom. The highest BCUT2D eigenvalue weighted by Crippen LogP contribution is 2.53. The monoisotopic (exact) mass is 517 g/mol. The zero-order valence-corrected chi connectivity index (χ0v) is 18.8. The van der Waals surface area contributed by atoms with Crippen molar-refractivity contribution in [2.24, 2.45) is 0 Å². The van der Waals surface area contributed by atoms with Gasteiger partial charge in [-0.3, -0.25) is 24.6 Å². The normalized spacial score (nSPS) is 20.3. The van der Waals surface area contributed by atoms with Crippen LogP contribution in [0.5, 0.6) is 0 Å². The van der Waals surface area contributed by atoms with Gasteiger partial charge in [0, 0.05) is 29.4 Å². The molecule has 2 amide bonds. The molecule has 13 heteroatoms. The molecule has 0 radical (unpaired) electrons. The number of nitro groups is 1. The Kier molecular flexibility index (Phi) is 5.14. The molecule has 0 bridgehead atoms. The lowest BCUT2D eigenvalue weighted by atomic mass is 10.0. The second kappa shape index (κ2) is 7.88. The van der Waals surface area contributed by atoms with E-state index in [0.717, 1.165) is 35.2 Å². The van der Waals surface area contributed by atoms with Crippen LogP contribution in [-0.2, 0) is 30.8 Å². The Morgan fingerprint density at radius 3 is 2.28 bits per heavy atom. The van der Waals surface area contributed by atoms with E-state index in [9.17, 15) is 41.3 Å². The highest BCUT2D eigenvalue weighted by Gasteiger charge is 2.70. The number of carbonyl (C=O) groups excluding carboxylic acids is 2. The summed E-state index contributed by atoms with van der Waals surface area (Å²) in [7, 11) is -4.71. The van der Waals surface area contributed by atoms with Gasteiger partial charge in [-0.05, 0) is 35.9 Å². The van der Waals surface area contributed by atoms with E-state index in [2.05, 4.69) is 0 Å². The van der Waals surface area contributed by atoms with Crippen LogP contribution in [0.4, 0.5) is 30.2 Å². The van der Waals surface area contributed by atoms with Crippen LogP contribution in [0.1, 0.15) is 11.1 Å². The summed E-state index contributed by atoms with van der Waals surface area (Å²) in [6.07, 6.45) is 0. The van der Waals surface area contributed by atoms with Gasteiger partial charge in [-0.1, -0.05) is 12.1 Å². The maximum atomic E-state index is 14.1. The molecular weight excluding hydrogens is 503 g/mol. The molecule has 0 saturated carbocycles. The van der Waals surface area contributed by atoms with Crippen LogP contribution in [0.3, 0.4) is 0 Å². The third kappa shape index (κ3) is 3.19. The van der Waals surface area contributed by atoms with Gasteiger partial charge in [-0.15, -0.1) is 0 Å². The standard InChI is InChI=1S/C23H14F3N3O6S/c24-14-3-1-13(2-4-14)11-27-20-8-6-16(29(32)33)9-17(20)23(22(27)31)28(21(30)12-36(23,34)35)15-5-7-18(25)19(26)10-15/h1-10H,11-12H2/t23-/m0/s1. The van der Waals surface area contributed by atoms with E-state index in [4.69, 9.17) is 0 Å². The fraction of sp³-hybridized carbons (Fsp3) is 0.130. The second-order valence-electron chi connectivity index (χ2n) is 8.21. The summed E-state index contributed by atoms with van der Waals surface area (Å²) in [6.45, 7) is -0.263. The van der Waals surface area contributed by atoms with Crippen molar-refractivity contribution in [3.63, 3.8) is 0 Å². The maximum absolute atomic E-state index is 14.1. The van der Waals surface area contributed by atoms with Crippen molar-refractivity contribution in [1.82, 2.24) is 0 Å². The first-order chi connectivity index (χ1) is 17.0. The molecule has 1 saturated heterocycles. The fourth-order valence-electron chi connectivity index (χ4n) is 4.59. The van der Waals surface area contributed by atoms with Crippen molar-refractivity contribution in [3.8, 4) is 0 Å². The van der Waals surface area contributed by atoms with E-state index < -0.39 is 66.0 Å². The van der Waals surface area contributed by atoms with E-state index in [1.165, 1.54) is 18.2 Å². The average Bonchev–Trinajstić information content (AvgIpc) is 3.19. The molecule has 0 aromatic heterocycles. The number of nitro benzene ring substituents is 1. The van der Waals surface area contributed by atoms with Gasteiger partial charge in [0.05, 0.1) is 17.2 Å². The van der Waals surface area contributed by atoms with Gasteiger partial charge < -0.3 is 4.90 Å². The molecule has 2 aliphatic heterocycles. The molecule has 2 aliphatic rings. The number of nitrogens with zero attached hydrogens (tertiary/aromatic N) is 3. The van der Waals surface area contributed by atoms with Gasteiger partial charge in [-0.2, -0.15) is 0 Å². The molecule has 9 nitrogen and oxygen atoms in total. The fourth-order valence-corrected chi connectivity index (χ4v) is 6.62. The zero-order valence-electron chi connectivity index (χ0n) is 18.0. The summed E-state index contributed by atoms with van der Waals surface area (Å²) < 4.78 is 68.2. The highest BCUT2D eigenvalue weighted by atomic mass is 32.2. The third-order valence-corrected chi connectivity index (χ3v) is 8.23. The predicted octanol–water partition coefficient (Wildman–Crippen LogP) is 3.17. The molecule has 2 heterocycles. The molecule has 3 aromatic carbocycles. The molecule has 184 valence electrons. The van der Waals surface area contributed by atoms with Crippen molar-refractivity contribution in [2.45, 2.75) is 11.4 Å². The number of rotatable bonds is 4. The minimum absolute atomic E-state index is 0.0409. The van der Waals surface area contributed by atoms with E-state index in [-0.39, 0.29) is 17.8 Å². The number of non-ortho nitro benzene ring substituents is 1. The van der Waals surface area contributed by atoms with Crippen LogP contribution in [-0.4, -0.2) is 30.9 Å². The third-order valence-electron chi connectivity index (χ3n) is 6.13. The Morgan fingerprint density at radius 1 is 0.944 bits per heavy atom. The SMILES string of the molecule is O=C1CS(=O)(=O)[C@@]2(C(=O)N(Cc3ccc(F)cc3)c3ccc([N+](=O)[O-])cc32)N1c1ccc(F)c(F)c1. The van der Waals surface area contributed by atoms with Crippen LogP contribution >= 0.6 is 0 Å². The topological polar surface area (TPSA) is 118 Å². The minimum atomic E-state index is -4.71. The number of anilines is 2. The molecule has 3 aromatic rings. The summed E-state index contributed by atoms with van der Waals surface area (Å²) in [4.78, 5) is 36.4. The quantitative estimate of drug-likeness (QED) is 0.388. The average molecular weight is 517 g/mol. The van der Waals surface area contributed by atoms with Gasteiger partial charge in [0.2, 0.25) is 5.91 Å². The number of fused-ring (bicyclic) bond motifs is 2. The molecule has 0 N–H and O–H groups in total. The molecule has 0 aliphatic carbocycles. The summed E-state index contributed by atoms with van der Waals surface area (Å²) >= 11 is 0. The van der Waals surface area contributed by atoms with Crippen LogP contribution in [0, 0.1) is 27.6 Å². The van der Waals surface area contributed by atoms with Crippen molar-refractivity contribution in [2.75, 3.05) is 15.6 Å². The number of hydrogen-bond acceptors (Lipinski definition) is 6. The van der Waals surface area contributed by atoms with E-state index >= 15 is 0 Å². The molecule has 0 unspecified atom stereocenters. The second-order valence-corrected chi connectivity index (χ2v) is 10.3. The van der Waals surface area contributed by atoms with Gasteiger partial charge in [0.25, 0.3) is 16.5 Å². The first-order valence-corrected chi connectivity index (χ1v) is 12.0. The molecule has 1 atom stereocenters. The predicted molar refractivity (Wildman–Crippen MR) is 120 cm³/mol. The Balaban J connectivity index is 1.79. The molecule has 36 heavy (non-hydrogen) atoms. The number of carbonyl (C=O) groups is 2. The van der Waals surface area contributed by atoms with Crippen molar-refractivity contribution >= 4 is 38.7 Å². The highest BCUT2D eigenvalue weighted by molar-refractivity contribution is 7.94. The van der Waals surface area contributed by atoms with Crippen LogP contribution in [0.25, 0.3) is 0 Å². The van der Waals surface area contributed by atoms with Crippen molar-refractivity contribution in [3.05, 3.63) is 99.4 Å². The lowest BCUT2D eigenvalue weighted by molar-refractivity contribution is -0.384. The van der Waals surface area contributed by atoms with Crippen LogP contribution in [0.15, 0.2) is 60.7 Å². The lowest BCUT2D eigenvalue weighted by Crippen LogP contribution is -2.54. The largest absolute Gasteiger partial charge is 0.304 e. The summed E-state index contributed by atoms with van der Waals surface area (Å²) in [5.41, 5.74) is -0.994. The van der Waals surface area contributed by atoms with Gasteiger partial charge in [0.15, 0.2) is 21.5 Å². The van der Waals surface area contributed by atoms with Crippen molar-refractivity contribution in [1.29, 1.82) is 0 Å². The Bertz CT molecular complexity index is 1580. The first-order valence-electron chi connectivity index (χ1n) is 10.3. The van der Waals surface area contributed by atoms with Crippen LogP contribution in [0.2, 0.25) is 0 Å². The van der Waals surface area contributed by atoms with E-state index in [1.54, 1.807) is 0 Å². The summed E-state index contributed by atoms with van der Waals surface area (Å²) in [5.74, 6) is -6.60. The van der Waals surface area contributed by atoms with Crippen molar-refractivity contribution < 1.29 is 36.1 Å². The number of halogens is 3. The number of hydrogen-bond donors (Lipinski definition) is 0. The molecule has 1 fully saturated rings. The summed E-state index contributed by atoms with van der Waals surface area (Å²) in [6, 6.07) is 10.3. The minimum Gasteiger partial charge on any atom is -0.304 e. The van der Waals surface area contributed by atoms with Crippen LogP contribution < -0.4 is 9.80 Å². The molecular formula is C23H14F3N3O6S. The summed E-state index contributed by atoms with van der Waals surface area (Å²) in [5, 5.41) is 11.5.